The van der Waals surface area contributed by atoms with E-state index in [-0.39, 0.29) is 17.8 Å². The van der Waals surface area contributed by atoms with Crippen LogP contribution in [0.4, 0.5) is 10.1 Å². The lowest BCUT2D eigenvalue weighted by atomic mass is 10.2. The third-order valence-corrected chi connectivity index (χ3v) is 5.31. The lowest BCUT2D eigenvalue weighted by Gasteiger charge is -2.22. The Bertz CT molecular complexity index is 803. The number of carbonyl (C=O) groups is 1. The molecule has 1 unspecified atom stereocenters. The van der Waals surface area contributed by atoms with Crippen LogP contribution in [0, 0.1) is 9.39 Å². The van der Waals surface area contributed by atoms with Crippen LogP contribution in [-0.4, -0.2) is 32.1 Å². The molecular formula is C18H17ClFIN2O2. The summed E-state index contributed by atoms with van der Waals surface area (Å²) in [6.07, 6.45) is 0.819. The minimum atomic E-state index is -0.346. The van der Waals surface area contributed by atoms with Gasteiger partial charge < -0.3 is 15.0 Å². The summed E-state index contributed by atoms with van der Waals surface area (Å²) < 4.78 is 19.2. The van der Waals surface area contributed by atoms with Crippen molar-refractivity contribution in [1.29, 1.82) is 0 Å². The lowest BCUT2D eigenvalue weighted by molar-refractivity contribution is 0.0939. The summed E-state index contributed by atoms with van der Waals surface area (Å²) in [7, 11) is 1.62. The topological polar surface area (TPSA) is 41.6 Å². The first-order chi connectivity index (χ1) is 12.0. The van der Waals surface area contributed by atoms with Crippen molar-refractivity contribution in [3.05, 3.63) is 56.4 Å². The molecule has 0 bridgehead atoms. The van der Waals surface area contributed by atoms with Gasteiger partial charge in [-0.2, -0.15) is 0 Å². The molecule has 0 spiro atoms. The number of nitrogens with zero attached hydrogens (tertiary/aromatic N) is 1. The molecule has 4 nitrogen and oxygen atoms in total. The molecule has 1 aliphatic rings. The van der Waals surface area contributed by atoms with Gasteiger partial charge in [0.25, 0.3) is 5.91 Å². The van der Waals surface area contributed by atoms with Gasteiger partial charge in [0.1, 0.15) is 11.6 Å². The molecule has 2 aromatic carbocycles. The van der Waals surface area contributed by atoms with Crippen LogP contribution in [0.3, 0.4) is 0 Å². The maximum absolute atomic E-state index is 13.2. The fraction of sp³-hybridized carbons (Fsp3) is 0.278. The van der Waals surface area contributed by atoms with E-state index in [0.717, 1.165) is 24.4 Å². The van der Waals surface area contributed by atoms with Crippen LogP contribution in [0.25, 0.3) is 0 Å². The highest BCUT2D eigenvalue weighted by Gasteiger charge is 2.26. The average molecular weight is 475 g/mol. The van der Waals surface area contributed by atoms with Gasteiger partial charge in [0.05, 0.1) is 18.4 Å². The molecule has 3 rings (SSSR count). The van der Waals surface area contributed by atoms with Crippen molar-refractivity contribution in [1.82, 2.24) is 5.32 Å². The SMILES string of the molecule is COc1ccc(Cl)cc1N1CCC(NC(=O)c2ccc(F)cc2I)C1. The van der Waals surface area contributed by atoms with Crippen molar-refractivity contribution in [2.75, 3.05) is 25.1 Å². The summed E-state index contributed by atoms with van der Waals surface area (Å²) in [5, 5.41) is 3.67. The second-order valence-corrected chi connectivity index (χ2v) is 7.44. The van der Waals surface area contributed by atoms with Gasteiger partial charge in [-0.3, -0.25) is 4.79 Å². The Labute approximate surface area is 164 Å². The van der Waals surface area contributed by atoms with Crippen LogP contribution < -0.4 is 15.0 Å². The second kappa shape index (κ2) is 7.78. The van der Waals surface area contributed by atoms with Crippen molar-refractivity contribution in [2.45, 2.75) is 12.5 Å². The maximum Gasteiger partial charge on any atom is 0.252 e. The molecule has 1 aliphatic heterocycles. The number of rotatable bonds is 4. The van der Waals surface area contributed by atoms with E-state index in [2.05, 4.69) is 10.2 Å². The Hall–Kier alpha value is -1.54. The van der Waals surface area contributed by atoms with Gasteiger partial charge in [0.15, 0.2) is 0 Å². The van der Waals surface area contributed by atoms with Crippen molar-refractivity contribution >= 4 is 45.8 Å². The van der Waals surface area contributed by atoms with Crippen LogP contribution in [-0.2, 0) is 0 Å². The number of halogens is 3. The fourth-order valence-corrected chi connectivity index (χ4v) is 3.83. The largest absolute Gasteiger partial charge is 0.495 e. The van der Waals surface area contributed by atoms with E-state index in [9.17, 15) is 9.18 Å². The van der Waals surface area contributed by atoms with Gasteiger partial charge in [-0.15, -0.1) is 0 Å². The Morgan fingerprint density at radius 2 is 2.16 bits per heavy atom. The number of nitrogens with one attached hydrogen (secondary N) is 1. The van der Waals surface area contributed by atoms with Gasteiger partial charge in [-0.05, 0) is 65.4 Å². The van der Waals surface area contributed by atoms with E-state index in [0.29, 0.717) is 20.7 Å². The van der Waals surface area contributed by atoms with Crippen molar-refractivity contribution in [3.8, 4) is 5.75 Å². The zero-order valence-corrected chi connectivity index (χ0v) is 16.5. The lowest BCUT2D eigenvalue weighted by Crippen LogP contribution is -2.37. The Morgan fingerprint density at radius 1 is 1.36 bits per heavy atom. The Kier molecular flexibility index (Phi) is 5.68. The first-order valence-electron chi connectivity index (χ1n) is 7.82. The van der Waals surface area contributed by atoms with E-state index in [4.69, 9.17) is 16.3 Å². The Balaban J connectivity index is 1.69. The quantitative estimate of drug-likeness (QED) is 0.679. The third-order valence-electron chi connectivity index (χ3n) is 4.18. The average Bonchev–Trinajstić information content (AvgIpc) is 3.03. The zero-order chi connectivity index (χ0) is 18.0. The monoisotopic (exact) mass is 474 g/mol. The summed E-state index contributed by atoms with van der Waals surface area (Å²) in [6.45, 7) is 1.46. The molecule has 1 amide bonds. The van der Waals surface area contributed by atoms with Gasteiger partial charge in [-0.25, -0.2) is 4.39 Å². The van der Waals surface area contributed by atoms with Crippen LogP contribution in [0.15, 0.2) is 36.4 Å². The van der Waals surface area contributed by atoms with Crippen LogP contribution >= 0.6 is 34.2 Å². The molecule has 25 heavy (non-hydrogen) atoms. The predicted octanol–water partition coefficient (Wildman–Crippen LogP) is 4.10. The first kappa shape index (κ1) is 18.3. The van der Waals surface area contributed by atoms with Gasteiger partial charge in [-0.1, -0.05) is 11.6 Å². The number of anilines is 1. The number of hydrogen-bond acceptors (Lipinski definition) is 3. The summed E-state index contributed by atoms with van der Waals surface area (Å²) in [5.41, 5.74) is 1.41. The molecule has 1 fully saturated rings. The van der Waals surface area contributed by atoms with Crippen LogP contribution in [0.2, 0.25) is 5.02 Å². The van der Waals surface area contributed by atoms with E-state index in [1.54, 1.807) is 13.2 Å². The highest BCUT2D eigenvalue weighted by atomic mass is 127. The smallest absolute Gasteiger partial charge is 0.252 e. The molecule has 1 saturated heterocycles. The number of benzene rings is 2. The summed E-state index contributed by atoms with van der Waals surface area (Å²) >= 11 is 8.07. The second-order valence-electron chi connectivity index (χ2n) is 5.85. The van der Waals surface area contributed by atoms with Crippen LogP contribution in [0.5, 0.6) is 5.75 Å². The van der Waals surface area contributed by atoms with E-state index >= 15 is 0 Å². The first-order valence-corrected chi connectivity index (χ1v) is 9.28. The number of amides is 1. The molecule has 1 N–H and O–H groups in total. The molecule has 0 radical (unpaired) electrons. The highest BCUT2D eigenvalue weighted by molar-refractivity contribution is 14.1. The molecule has 2 aromatic rings. The number of carbonyl (C=O) groups excluding carboxylic acids is 1. The molecule has 132 valence electrons. The minimum absolute atomic E-state index is 0.0111. The summed E-state index contributed by atoms with van der Waals surface area (Å²) in [4.78, 5) is 14.6. The van der Waals surface area contributed by atoms with E-state index < -0.39 is 0 Å². The number of hydrogen-bond donors (Lipinski definition) is 1. The van der Waals surface area contributed by atoms with Gasteiger partial charge in [0.2, 0.25) is 0 Å². The van der Waals surface area contributed by atoms with Gasteiger partial charge >= 0.3 is 0 Å². The maximum atomic E-state index is 13.2. The van der Waals surface area contributed by atoms with Crippen molar-refractivity contribution in [3.63, 3.8) is 0 Å². The minimum Gasteiger partial charge on any atom is -0.495 e. The molecular weight excluding hydrogens is 458 g/mol. The number of methoxy groups -OCH3 is 1. The van der Waals surface area contributed by atoms with E-state index in [1.807, 2.05) is 34.7 Å². The molecule has 7 heteroatoms. The van der Waals surface area contributed by atoms with Crippen molar-refractivity contribution in [2.24, 2.45) is 0 Å². The molecule has 1 heterocycles. The third kappa shape index (κ3) is 4.17. The predicted molar refractivity (Wildman–Crippen MR) is 105 cm³/mol. The fourth-order valence-electron chi connectivity index (χ4n) is 2.94. The standard InChI is InChI=1S/C18H17ClFIN2O2/c1-25-17-5-2-11(19)8-16(17)23-7-6-13(10-23)22-18(24)14-4-3-12(20)9-15(14)21/h2-5,8-9,13H,6-7,10H2,1H3,(H,22,24). The normalized spacial score (nSPS) is 16.8. The Morgan fingerprint density at radius 3 is 2.88 bits per heavy atom. The highest BCUT2D eigenvalue weighted by Crippen LogP contribution is 2.33. The molecule has 0 saturated carbocycles. The summed E-state index contributed by atoms with van der Waals surface area (Å²) in [6, 6.07) is 9.67. The molecule has 0 aromatic heterocycles. The molecule has 0 aliphatic carbocycles. The van der Waals surface area contributed by atoms with Crippen LogP contribution in [0.1, 0.15) is 16.8 Å². The summed E-state index contributed by atoms with van der Waals surface area (Å²) in [5.74, 6) is 0.222. The zero-order valence-electron chi connectivity index (χ0n) is 13.6. The molecule has 1 atom stereocenters. The van der Waals surface area contributed by atoms with E-state index in [1.165, 1.54) is 18.2 Å². The van der Waals surface area contributed by atoms with Gasteiger partial charge in [0, 0.05) is 27.7 Å². The number of ether oxygens (including phenoxy) is 1. The van der Waals surface area contributed by atoms with Crippen molar-refractivity contribution < 1.29 is 13.9 Å².